The van der Waals surface area contributed by atoms with Crippen LogP contribution in [-0.4, -0.2) is 17.2 Å². The molecule has 0 unspecified atom stereocenters. The Labute approximate surface area is 175 Å². The van der Waals surface area contributed by atoms with Crippen LogP contribution >= 0.6 is 11.6 Å². The fraction of sp³-hybridized carbons (Fsp3) is 0.136. The minimum atomic E-state index is -1.01. The van der Waals surface area contributed by atoms with Gasteiger partial charge in [-0.1, -0.05) is 41.0 Å². The summed E-state index contributed by atoms with van der Waals surface area (Å²) in [5.41, 5.74) is 0.852. The Bertz CT molecular complexity index is 1330. The van der Waals surface area contributed by atoms with Crippen molar-refractivity contribution in [2.24, 2.45) is 0 Å². The first kappa shape index (κ1) is 18.4. The SMILES string of the molecule is Cc1cc(NC(=O)[C@@H]2Oc3c(c(=O)oc4ccccc34)[C@H]2c2ccc(Cl)cc2)no1. The Morgan fingerprint density at radius 2 is 1.90 bits per heavy atom. The van der Waals surface area contributed by atoms with E-state index in [0.29, 0.717) is 38.6 Å². The molecule has 150 valence electrons. The molecule has 8 heteroatoms. The van der Waals surface area contributed by atoms with E-state index in [2.05, 4.69) is 10.5 Å². The molecule has 0 spiro atoms. The minimum absolute atomic E-state index is 0.267. The summed E-state index contributed by atoms with van der Waals surface area (Å²) in [6, 6.07) is 15.6. The van der Waals surface area contributed by atoms with Gasteiger partial charge in [0.05, 0.1) is 16.9 Å². The maximum atomic E-state index is 13.1. The van der Waals surface area contributed by atoms with Crippen LogP contribution in [0.15, 0.2) is 68.3 Å². The number of nitrogens with one attached hydrogen (secondary N) is 1. The number of fused-ring (bicyclic) bond motifs is 3. The minimum Gasteiger partial charge on any atom is -0.478 e. The smallest absolute Gasteiger partial charge is 0.344 e. The number of aryl methyl sites for hydroxylation is 1. The van der Waals surface area contributed by atoms with Gasteiger partial charge in [-0.3, -0.25) is 4.79 Å². The van der Waals surface area contributed by atoms with Gasteiger partial charge in [-0.25, -0.2) is 4.79 Å². The summed E-state index contributed by atoms with van der Waals surface area (Å²) < 4.78 is 16.6. The molecule has 4 aromatic rings. The summed E-state index contributed by atoms with van der Waals surface area (Å²) in [5.74, 6) is 0.0398. The monoisotopic (exact) mass is 422 g/mol. The van der Waals surface area contributed by atoms with Crippen molar-refractivity contribution in [1.82, 2.24) is 5.16 Å². The van der Waals surface area contributed by atoms with Crippen LogP contribution in [0.25, 0.3) is 11.0 Å². The maximum absolute atomic E-state index is 13.1. The Hall–Kier alpha value is -3.58. The van der Waals surface area contributed by atoms with E-state index in [0.717, 1.165) is 0 Å². The molecule has 1 aliphatic heterocycles. The molecule has 0 bridgehead atoms. The molecule has 2 aromatic carbocycles. The fourth-order valence-corrected chi connectivity index (χ4v) is 3.84. The van der Waals surface area contributed by atoms with Crippen molar-refractivity contribution in [2.45, 2.75) is 18.9 Å². The molecule has 7 nitrogen and oxygen atoms in total. The van der Waals surface area contributed by atoms with Gasteiger partial charge in [-0.2, -0.15) is 0 Å². The molecule has 0 saturated carbocycles. The standard InChI is InChI=1S/C22H15ClN2O5/c1-11-10-16(25-30-11)24-21(26)20-17(12-6-8-13(23)9-7-12)18-19(29-20)14-4-2-3-5-15(14)28-22(18)27/h2-10,17,20H,1H3,(H,24,25,26)/t17-,20-/m1/s1. The van der Waals surface area contributed by atoms with E-state index in [1.807, 2.05) is 6.07 Å². The van der Waals surface area contributed by atoms with Crippen LogP contribution in [0.3, 0.4) is 0 Å². The maximum Gasteiger partial charge on any atom is 0.344 e. The number of halogens is 1. The van der Waals surface area contributed by atoms with E-state index in [9.17, 15) is 9.59 Å². The van der Waals surface area contributed by atoms with Crippen LogP contribution in [0.1, 0.15) is 22.8 Å². The van der Waals surface area contributed by atoms with E-state index < -0.39 is 23.6 Å². The van der Waals surface area contributed by atoms with Crippen molar-refractivity contribution in [3.8, 4) is 5.75 Å². The van der Waals surface area contributed by atoms with Gasteiger partial charge in [0.1, 0.15) is 17.1 Å². The summed E-state index contributed by atoms with van der Waals surface area (Å²) in [6.45, 7) is 1.72. The average molecular weight is 423 g/mol. The van der Waals surface area contributed by atoms with Gasteiger partial charge in [0.15, 0.2) is 11.9 Å². The number of ether oxygens (including phenoxy) is 1. The third-order valence-electron chi connectivity index (χ3n) is 5.02. The third kappa shape index (κ3) is 3.04. The van der Waals surface area contributed by atoms with Gasteiger partial charge in [-0.15, -0.1) is 0 Å². The van der Waals surface area contributed by atoms with Crippen molar-refractivity contribution in [2.75, 3.05) is 5.32 Å². The van der Waals surface area contributed by atoms with Crippen LogP contribution in [0, 0.1) is 6.92 Å². The molecule has 0 radical (unpaired) electrons. The van der Waals surface area contributed by atoms with Crippen molar-refractivity contribution in [1.29, 1.82) is 0 Å². The van der Waals surface area contributed by atoms with Crippen LogP contribution in [-0.2, 0) is 4.79 Å². The third-order valence-corrected chi connectivity index (χ3v) is 5.28. The number of hydrogen-bond donors (Lipinski definition) is 1. The van der Waals surface area contributed by atoms with Crippen molar-refractivity contribution in [3.05, 3.63) is 86.9 Å². The van der Waals surface area contributed by atoms with Crippen LogP contribution in [0.2, 0.25) is 5.02 Å². The van der Waals surface area contributed by atoms with E-state index >= 15 is 0 Å². The van der Waals surface area contributed by atoms with Crippen LogP contribution < -0.4 is 15.7 Å². The lowest BCUT2D eigenvalue weighted by atomic mass is 9.88. The van der Waals surface area contributed by atoms with E-state index in [-0.39, 0.29) is 5.82 Å². The van der Waals surface area contributed by atoms with Crippen LogP contribution in [0.5, 0.6) is 5.75 Å². The number of aromatic nitrogens is 1. The highest BCUT2D eigenvalue weighted by atomic mass is 35.5. The first-order valence-corrected chi connectivity index (χ1v) is 9.61. The Morgan fingerprint density at radius 3 is 2.63 bits per heavy atom. The summed E-state index contributed by atoms with van der Waals surface area (Å²) in [7, 11) is 0. The second-order valence-electron chi connectivity index (χ2n) is 7.01. The van der Waals surface area contributed by atoms with E-state index in [4.69, 9.17) is 25.3 Å². The number of rotatable bonds is 3. The predicted molar refractivity (Wildman–Crippen MR) is 110 cm³/mol. The number of para-hydroxylation sites is 1. The molecule has 0 saturated heterocycles. The Kier molecular flexibility index (Phi) is 4.33. The second kappa shape index (κ2) is 7.03. The normalized spacial score (nSPS) is 17.5. The quantitative estimate of drug-likeness (QED) is 0.495. The summed E-state index contributed by atoms with van der Waals surface area (Å²) in [6.07, 6.45) is -1.01. The number of carbonyl (C=O) groups excluding carboxylic acids is 1. The molecule has 1 N–H and O–H groups in total. The lowest BCUT2D eigenvalue weighted by Gasteiger charge is -2.18. The van der Waals surface area contributed by atoms with Gasteiger partial charge in [0, 0.05) is 11.1 Å². The highest BCUT2D eigenvalue weighted by molar-refractivity contribution is 6.30. The predicted octanol–water partition coefficient (Wildman–Crippen LogP) is 4.27. The first-order chi connectivity index (χ1) is 14.5. The molecule has 5 rings (SSSR count). The molecule has 2 aromatic heterocycles. The topological polar surface area (TPSA) is 94.6 Å². The number of carbonyl (C=O) groups is 1. The fourth-order valence-electron chi connectivity index (χ4n) is 3.72. The number of amides is 1. The van der Waals surface area contributed by atoms with Crippen molar-refractivity contribution in [3.63, 3.8) is 0 Å². The summed E-state index contributed by atoms with van der Waals surface area (Å²) in [5, 5.41) is 7.65. The zero-order valence-corrected chi connectivity index (χ0v) is 16.5. The molecular weight excluding hydrogens is 408 g/mol. The molecule has 30 heavy (non-hydrogen) atoms. The molecular formula is C22H15ClN2O5. The number of nitrogens with zero attached hydrogens (tertiary/aromatic N) is 1. The zero-order valence-electron chi connectivity index (χ0n) is 15.7. The van der Waals surface area contributed by atoms with Crippen LogP contribution in [0.4, 0.5) is 5.82 Å². The van der Waals surface area contributed by atoms with Gasteiger partial charge in [0.2, 0.25) is 0 Å². The molecule has 0 aliphatic carbocycles. The largest absolute Gasteiger partial charge is 0.478 e. The lowest BCUT2D eigenvalue weighted by Crippen LogP contribution is -2.35. The van der Waals surface area contributed by atoms with Crippen molar-refractivity contribution < 1.29 is 18.5 Å². The molecule has 0 fully saturated rings. The highest BCUT2D eigenvalue weighted by Crippen LogP contribution is 2.44. The molecule has 2 atom stereocenters. The van der Waals surface area contributed by atoms with Gasteiger partial charge in [0.25, 0.3) is 5.91 Å². The molecule has 3 heterocycles. The first-order valence-electron chi connectivity index (χ1n) is 9.23. The van der Waals surface area contributed by atoms with Crippen molar-refractivity contribution >= 4 is 34.3 Å². The zero-order chi connectivity index (χ0) is 20.8. The number of benzene rings is 2. The number of hydrogen-bond acceptors (Lipinski definition) is 6. The highest BCUT2D eigenvalue weighted by Gasteiger charge is 2.44. The Morgan fingerprint density at radius 1 is 1.13 bits per heavy atom. The molecule has 1 aliphatic rings. The van der Waals surface area contributed by atoms with E-state index in [1.54, 1.807) is 55.5 Å². The van der Waals surface area contributed by atoms with E-state index in [1.165, 1.54) is 0 Å². The lowest BCUT2D eigenvalue weighted by molar-refractivity contribution is -0.122. The Balaban J connectivity index is 1.64. The van der Waals surface area contributed by atoms with Gasteiger partial charge >= 0.3 is 5.63 Å². The summed E-state index contributed by atoms with van der Waals surface area (Å²) in [4.78, 5) is 26.0. The molecule has 1 amide bonds. The van der Waals surface area contributed by atoms with Gasteiger partial charge in [-0.05, 0) is 36.8 Å². The second-order valence-corrected chi connectivity index (χ2v) is 7.44. The average Bonchev–Trinajstić information content (AvgIpc) is 3.33. The number of anilines is 1. The summed E-state index contributed by atoms with van der Waals surface area (Å²) >= 11 is 6.03. The van der Waals surface area contributed by atoms with Gasteiger partial charge < -0.3 is 19.0 Å².